The summed E-state index contributed by atoms with van der Waals surface area (Å²) in [6.07, 6.45) is 4.42. The van der Waals surface area contributed by atoms with Crippen LogP contribution in [0.4, 0.5) is 17.1 Å². The Hall–Kier alpha value is -5.08. The van der Waals surface area contributed by atoms with Crippen molar-refractivity contribution >= 4 is 40.0 Å². The molecular formula is C41H35NO. The number of nitrogens with zero attached hydrogens (tertiary/aromatic N) is 1. The van der Waals surface area contributed by atoms with Crippen molar-refractivity contribution in [3.8, 4) is 11.5 Å². The van der Waals surface area contributed by atoms with Crippen LogP contribution in [0.5, 0.6) is 11.5 Å². The van der Waals surface area contributed by atoms with E-state index in [4.69, 9.17) is 4.74 Å². The molecule has 6 aromatic rings. The normalized spacial score (nSPS) is 13.4. The highest BCUT2D eigenvalue weighted by Crippen LogP contribution is 2.50. The molecule has 0 bridgehead atoms. The van der Waals surface area contributed by atoms with E-state index >= 15 is 0 Å². The summed E-state index contributed by atoms with van der Waals surface area (Å²) in [5.74, 6) is 1.85. The zero-order valence-electron chi connectivity index (χ0n) is 25.1. The molecule has 1 aliphatic rings. The Morgan fingerprint density at radius 1 is 0.558 bits per heavy atom. The van der Waals surface area contributed by atoms with Crippen molar-refractivity contribution in [1.82, 2.24) is 0 Å². The molecular weight excluding hydrogens is 522 g/mol. The Balaban J connectivity index is 1.38. The summed E-state index contributed by atoms with van der Waals surface area (Å²) in [5, 5.41) is 2.42. The smallest absolute Gasteiger partial charge is 0.131 e. The van der Waals surface area contributed by atoms with Gasteiger partial charge in [0.1, 0.15) is 11.5 Å². The standard InChI is InChI=1S/C41H35NO/c1-28-13-17-30(18-14-28)19-20-31-21-25-38(35-10-6-5-9-34(31)35)42(32-22-15-29(2)16-23-32)33-24-26-40-37(27-33)41(3,4)36-11-7-8-12-39(36)43-40/h5-27H,1-4H3/b20-19+. The molecule has 0 unspecified atom stereocenters. The van der Waals surface area contributed by atoms with E-state index in [2.05, 4.69) is 166 Å². The van der Waals surface area contributed by atoms with Gasteiger partial charge in [0.25, 0.3) is 0 Å². The lowest BCUT2D eigenvalue weighted by molar-refractivity contribution is 0.418. The molecule has 7 rings (SSSR count). The molecule has 43 heavy (non-hydrogen) atoms. The topological polar surface area (TPSA) is 12.5 Å². The zero-order valence-corrected chi connectivity index (χ0v) is 25.1. The first-order chi connectivity index (χ1) is 20.9. The second kappa shape index (κ2) is 10.6. The van der Waals surface area contributed by atoms with Gasteiger partial charge in [0, 0.05) is 33.3 Å². The summed E-state index contributed by atoms with van der Waals surface area (Å²) in [7, 11) is 0. The van der Waals surface area contributed by atoms with Gasteiger partial charge in [0.2, 0.25) is 0 Å². The van der Waals surface area contributed by atoms with Gasteiger partial charge in [-0.2, -0.15) is 0 Å². The largest absolute Gasteiger partial charge is 0.457 e. The second-order valence-corrected chi connectivity index (χ2v) is 12.0. The predicted octanol–water partition coefficient (Wildman–Crippen LogP) is 11.5. The lowest BCUT2D eigenvalue weighted by Crippen LogP contribution is -2.24. The number of aryl methyl sites for hydroxylation is 2. The summed E-state index contributed by atoms with van der Waals surface area (Å²) < 4.78 is 6.40. The molecule has 1 heterocycles. The van der Waals surface area contributed by atoms with Crippen LogP contribution in [0.3, 0.4) is 0 Å². The van der Waals surface area contributed by atoms with Crippen molar-refractivity contribution < 1.29 is 4.74 Å². The van der Waals surface area contributed by atoms with Gasteiger partial charge in [-0.25, -0.2) is 0 Å². The Morgan fingerprint density at radius 2 is 1.19 bits per heavy atom. The molecule has 0 fully saturated rings. The fourth-order valence-corrected chi connectivity index (χ4v) is 6.20. The Morgan fingerprint density at radius 3 is 1.95 bits per heavy atom. The number of para-hydroxylation sites is 1. The van der Waals surface area contributed by atoms with Crippen LogP contribution in [-0.4, -0.2) is 0 Å². The third-order valence-corrected chi connectivity index (χ3v) is 8.68. The quantitative estimate of drug-likeness (QED) is 0.195. The highest BCUT2D eigenvalue weighted by atomic mass is 16.5. The highest BCUT2D eigenvalue weighted by Gasteiger charge is 2.34. The molecule has 0 aliphatic carbocycles. The molecule has 0 aromatic heterocycles. The van der Waals surface area contributed by atoms with Crippen LogP contribution in [0.15, 0.2) is 127 Å². The van der Waals surface area contributed by atoms with Gasteiger partial charge in [0.15, 0.2) is 0 Å². The first-order valence-electron chi connectivity index (χ1n) is 14.9. The molecule has 210 valence electrons. The first-order valence-corrected chi connectivity index (χ1v) is 14.9. The number of rotatable bonds is 5. The monoisotopic (exact) mass is 557 g/mol. The van der Waals surface area contributed by atoms with Gasteiger partial charge in [0.05, 0.1) is 5.69 Å². The van der Waals surface area contributed by atoms with Gasteiger partial charge >= 0.3 is 0 Å². The number of hydrogen-bond donors (Lipinski definition) is 0. The number of benzene rings is 6. The molecule has 0 saturated heterocycles. The van der Waals surface area contributed by atoms with Crippen molar-refractivity contribution in [2.45, 2.75) is 33.1 Å². The minimum Gasteiger partial charge on any atom is -0.457 e. The molecule has 0 radical (unpaired) electrons. The lowest BCUT2D eigenvalue weighted by Gasteiger charge is -2.36. The third kappa shape index (κ3) is 4.89. The Kier molecular flexibility index (Phi) is 6.63. The van der Waals surface area contributed by atoms with Gasteiger partial charge in [-0.3, -0.25) is 0 Å². The van der Waals surface area contributed by atoms with Gasteiger partial charge < -0.3 is 9.64 Å². The molecule has 0 atom stereocenters. The highest BCUT2D eigenvalue weighted by molar-refractivity contribution is 6.03. The molecule has 6 aromatic carbocycles. The van der Waals surface area contributed by atoms with Crippen LogP contribution in [0.2, 0.25) is 0 Å². The zero-order chi connectivity index (χ0) is 29.6. The van der Waals surface area contributed by atoms with E-state index in [0.717, 1.165) is 28.6 Å². The summed E-state index contributed by atoms with van der Waals surface area (Å²) >= 11 is 0. The van der Waals surface area contributed by atoms with Crippen molar-refractivity contribution in [2.75, 3.05) is 4.90 Å². The molecule has 2 heteroatoms. The van der Waals surface area contributed by atoms with E-state index in [-0.39, 0.29) is 5.41 Å². The summed E-state index contributed by atoms with van der Waals surface area (Å²) in [5.41, 5.74) is 10.4. The maximum Gasteiger partial charge on any atom is 0.131 e. The molecule has 0 spiro atoms. The molecule has 0 saturated carbocycles. The van der Waals surface area contributed by atoms with E-state index < -0.39 is 0 Å². The van der Waals surface area contributed by atoms with Crippen LogP contribution < -0.4 is 9.64 Å². The summed E-state index contributed by atoms with van der Waals surface area (Å²) in [6.45, 7) is 8.83. The minimum absolute atomic E-state index is 0.203. The number of hydrogen-bond acceptors (Lipinski definition) is 2. The van der Waals surface area contributed by atoms with E-state index in [9.17, 15) is 0 Å². The van der Waals surface area contributed by atoms with Crippen molar-refractivity contribution in [3.05, 3.63) is 161 Å². The molecule has 1 aliphatic heterocycles. The SMILES string of the molecule is Cc1ccc(/C=C/c2ccc(N(c3ccc(C)cc3)c3ccc4c(c3)C(C)(C)c3ccccc3O4)c3ccccc23)cc1. The maximum absolute atomic E-state index is 6.40. The van der Waals surface area contributed by atoms with E-state index in [1.165, 1.54) is 44.2 Å². The fraction of sp³-hybridized carbons (Fsp3) is 0.122. The third-order valence-electron chi connectivity index (χ3n) is 8.68. The van der Waals surface area contributed by atoms with Gasteiger partial charge in [-0.1, -0.05) is 122 Å². The van der Waals surface area contributed by atoms with Crippen molar-refractivity contribution in [3.63, 3.8) is 0 Å². The predicted molar refractivity (Wildman–Crippen MR) is 182 cm³/mol. The number of ether oxygens (including phenoxy) is 1. The Bertz CT molecular complexity index is 1980. The van der Waals surface area contributed by atoms with Crippen LogP contribution in [0.25, 0.3) is 22.9 Å². The molecule has 2 nitrogen and oxygen atoms in total. The lowest BCUT2D eigenvalue weighted by atomic mass is 9.75. The van der Waals surface area contributed by atoms with E-state index in [0.29, 0.717) is 0 Å². The minimum atomic E-state index is -0.203. The Labute approximate surface area is 254 Å². The average molecular weight is 558 g/mol. The number of fused-ring (bicyclic) bond motifs is 3. The van der Waals surface area contributed by atoms with Crippen LogP contribution in [0.1, 0.15) is 47.2 Å². The van der Waals surface area contributed by atoms with Crippen LogP contribution in [0, 0.1) is 13.8 Å². The first kappa shape index (κ1) is 26.8. The fourth-order valence-electron chi connectivity index (χ4n) is 6.20. The second-order valence-electron chi connectivity index (χ2n) is 12.0. The number of anilines is 3. The average Bonchev–Trinajstić information content (AvgIpc) is 3.03. The molecule has 0 N–H and O–H groups in total. The van der Waals surface area contributed by atoms with Crippen LogP contribution in [-0.2, 0) is 5.41 Å². The summed E-state index contributed by atoms with van der Waals surface area (Å²) in [4.78, 5) is 2.38. The van der Waals surface area contributed by atoms with Gasteiger partial charge in [-0.15, -0.1) is 0 Å². The van der Waals surface area contributed by atoms with E-state index in [1.807, 2.05) is 6.07 Å². The van der Waals surface area contributed by atoms with Crippen molar-refractivity contribution in [1.29, 1.82) is 0 Å². The summed E-state index contributed by atoms with van der Waals surface area (Å²) in [6, 6.07) is 45.7. The van der Waals surface area contributed by atoms with Crippen LogP contribution >= 0.6 is 0 Å². The maximum atomic E-state index is 6.40. The van der Waals surface area contributed by atoms with Gasteiger partial charge in [-0.05, 0) is 72.8 Å². The van der Waals surface area contributed by atoms with Crippen molar-refractivity contribution in [2.24, 2.45) is 0 Å². The molecule has 0 amide bonds. The van der Waals surface area contributed by atoms with E-state index in [1.54, 1.807) is 0 Å².